The SMILES string of the molecule is Fc1cncc(CNCc2ccon2)c1. The number of halogens is 1. The van der Waals surface area contributed by atoms with E-state index in [-0.39, 0.29) is 5.82 Å². The van der Waals surface area contributed by atoms with E-state index in [4.69, 9.17) is 0 Å². The predicted octanol–water partition coefficient (Wildman–Crippen LogP) is 1.50. The summed E-state index contributed by atoms with van der Waals surface area (Å²) < 4.78 is 17.4. The first-order valence-corrected chi connectivity index (χ1v) is 4.54. The zero-order valence-corrected chi connectivity index (χ0v) is 7.98. The highest BCUT2D eigenvalue weighted by Crippen LogP contribution is 2.01. The summed E-state index contributed by atoms with van der Waals surface area (Å²) in [6, 6.07) is 3.22. The summed E-state index contributed by atoms with van der Waals surface area (Å²) in [4.78, 5) is 3.75. The molecule has 0 amide bonds. The third-order valence-corrected chi connectivity index (χ3v) is 1.89. The first-order valence-electron chi connectivity index (χ1n) is 4.54. The van der Waals surface area contributed by atoms with Gasteiger partial charge in [0.15, 0.2) is 0 Å². The van der Waals surface area contributed by atoms with E-state index in [2.05, 4.69) is 20.0 Å². The molecule has 0 spiro atoms. The van der Waals surface area contributed by atoms with Crippen LogP contribution in [0.4, 0.5) is 4.39 Å². The average Bonchev–Trinajstić information content (AvgIpc) is 2.71. The van der Waals surface area contributed by atoms with Crippen molar-refractivity contribution >= 4 is 0 Å². The van der Waals surface area contributed by atoms with E-state index in [1.54, 1.807) is 12.3 Å². The van der Waals surface area contributed by atoms with Gasteiger partial charge in [-0.2, -0.15) is 0 Å². The summed E-state index contributed by atoms with van der Waals surface area (Å²) in [5.41, 5.74) is 1.62. The maximum atomic E-state index is 12.8. The molecule has 15 heavy (non-hydrogen) atoms. The molecule has 2 heterocycles. The van der Waals surface area contributed by atoms with Crippen molar-refractivity contribution in [1.82, 2.24) is 15.5 Å². The molecule has 0 aliphatic rings. The molecule has 0 atom stereocenters. The van der Waals surface area contributed by atoms with E-state index in [1.165, 1.54) is 18.5 Å². The van der Waals surface area contributed by atoms with Gasteiger partial charge in [0.05, 0.1) is 11.9 Å². The molecule has 4 nitrogen and oxygen atoms in total. The van der Waals surface area contributed by atoms with Gasteiger partial charge in [-0.25, -0.2) is 4.39 Å². The average molecular weight is 207 g/mol. The summed E-state index contributed by atoms with van der Waals surface area (Å²) in [6.07, 6.45) is 4.32. The molecule has 2 aromatic heterocycles. The Labute approximate surface area is 86.1 Å². The molecule has 0 saturated heterocycles. The van der Waals surface area contributed by atoms with Gasteiger partial charge < -0.3 is 9.84 Å². The van der Waals surface area contributed by atoms with Gasteiger partial charge in [0.1, 0.15) is 12.1 Å². The van der Waals surface area contributed by atoms with E-state index < -0.39 is 0 Å². The molecule has 2 aromatic rings. The number of rotatable bonds is 4. The van der Waals surface area contributed by atoms with Crippen LogP contribution in [0.5, 0.6) is 0 Å². The largest absolute Gasteiger partial charge is 0.364 e. The van der Waals surface area contributed by atoms with E-state index >= 15 is 0 Å². The lowest BCUT2D eigenvalue weighted by Gasteiger charge is -2.01. The van der Waals surface area contributed by atoms with Crippen molar-refractivity contribution in [3.8, 4) is 0 Å². The van der Waals surface area contributed by atoms with Crippen molar-refractivity contribution in [2.75, 3.05) is 0 Å². The molecule has 0 bridgehead atoms. The van der Waals surface area contributed by atoms with Gasteiger partial charge in [0.2, 0.25) is 0 Å². The molecular weight excluding hydrogens is 197 g/mol. The summed E-state index contributed by atoms with van der Waals surface area (Å²) >= 11 is 0. The summed E-state index contributed by atoms with van der Waals surface area (Å²) in [7, 11) is 0. The van der Waals surface area contributed by atoms with Gasteiger partial charge in [-0.3, -0.25) is 4.98 Å². The van der Waals surface area contributed by atoms with Gasteiger partial charge in [0, 0.05) is 25.4 Å². The smallest absolute Gasteiger partial charge is 0.141 e. The number of nitrogens with one attached hydrogen (secondary N) is 1. The first-order chi connectivity index (χ1) is 7.34. The van der Waals surface area contributed by atoms with Gasteiger partial charge in [-0.1, -0.05) is 5.16 Å². The van der Waals surface area contributed by atoms with E-state index in [1.807, 2.05) is 0 Å². The van der Waals surface area contributed by atoms with Gasteiger partial charge in [-0.15, -0.1) is 0 Å². The van der Waals surface area contributed by atoms with E-state index in [9.17, 15) is 4.39 Å². The Hall–Kier alpha value is -1.75. The highest BCUT2D eigenvalue weighted by atomic mass is 19.1. The second-order valence-corrected chi connectivity index (χ2v) is 3.11. The molecule has 0 fully saturated rings. The standard InChI is InChI=1S/C10H10FN3O/c11-9-3-8(4-12-6-9)5-13-7-10-1-2-15-14-10/h1-4,6,13H,5,7H2. The van der Waals surface area contributed by atoms with Crippen LogP contribution in [0.15, 0.2) is 35.3 Å². The molecule has 78 valence electrons. The summed E-state index contributed by atoms with van der Waals surface area (Å²) in [6.45, 7) is 1.14. The highest BCUT2D eigenvalue weighted by molar-refractivity contribution is 5.09. The third-order valence-electron chi connectivity index (χ3n) is 1.89. The van der Waals surface area contributed by atoms with E-state index in [0.29, 0.717) is 13.1 Å². The Bertz CT molecular complexity index is 416. The molecular formula is C10H10FN3O. The number of hydrogen-bond acceptors (Lipinski definition) is 4. The minimum atomic E-state index is -0.323. The minimum absolute atomic E-state index is 0.323. The molecule has 2 rings (SSSR count). The monoisotopic (exact) mass is 207 g/mol. The maximum Gasteiger partial charge on any atom is 0.141 e. The molecule has 0 saturated carbocycles. The van der Waals surface area contributed by atoms with Crippen LogP contribution in [0, 0.1) is 5.82 Å². The lowest BCUT2D eigenvalue weighted by Crippen LogP contribution is -2.13. The molecule has 0 aromatic carbocycles. The Morgan fingerprint density at radius 3 is 3.00 bits per heavy atom. The fourth-order valence-electron chi connectivity index (χ4n) is 1.22. The van der Waals surface area contributed by atoms with Crippen LogP contribution in [0.3, 0.4) is 0 Å². The minimum Gasteiger partial charge on any atom is -0.364 e. The van der Waals surface area contributed by atoms with Crippen molar-refractivity contribution in [1.29, 1.82) is 0 Å². The van der Waals surface area contributed by atoms with Gasteiger partial charge in [-0.05, 0) is 11.6 Å². The van der Waals surface area contributed by atoms with Crippen molar-refractivity contribution in [2.45, 2.75) is 13.1 Å². The molecule has 5 heteroatoms. The molecule has 1 N–H and O–H groups in total. The summed E-state index contributed by atoms with van der Waals surface area (Å²) in [5, 5.41) is 6.84. The van der Waals surface area contributed by atoms with Crippen molar-refractivity contribution < 1.29 is 8.91 Å². The molecule has 0 unspecified atom stereocenters. The molecule has 0 radical (unpaired) electrons. The fraction of sp³-hybridized carbons (Fsp3) is 0.200. The highest BCUT2D eigenvalue weighted by Gasteiger charge is 1.98. The Balaban J connectivity index is 1.83. The van der Waals surface area contributed by atoms with Crippen LogP contribution in [0.25, 0.3) is 0 Å². The lowest BCUT2D eigenvalue weighted by atomic mass is 10.3. The zero-order valence-electron chi connectivity index (χ0n) is 7.98. The number of aromatic nitrogens is 2. The third kappa shape index (κ3) is 2.85. The topological polar surface area (TPSA) is 51.0 Å². The van der Waals surface area contributed by atoms with Crippen molar-refractivity contribution in [3.05, 3.63) is 47.9 Å². The fourth-order valence-corrected chi connectivity index (χ4v) is 1.22. The second kappa shape index (κ2) is 4.65. The van der Waals surface area contributed by atoms with Crippen LogP contribution in [-0.4, -0.2) is 10.1 Å². The Morgan fingerprint density at radius 2 is 2.27 bits per heavy atom. The van der Waals surface area contributed by atoms with Crippen LogP contribution in [-0.2, 0) is 13.1 Å². The lowest BCUT2D eigenvalue weighted by molar-refractivity contribution is 0.408. The predicted molar refractivity (Wildman–Crippen MR) is 51.2 cm³/mol. The molecule has 0 aliphatic heterocycles. The van der Waals surface area contributed by atoms with Crippen molar-refractivity contribution in [3.63, 3.8) is 0 Å². The summed E-state index contributed by atoms with van der Waals surface area (Å²) in [5.74, 6) is -0.323. The van der Waals surface area contributed by atoms with Gasteiger partial charge >= 0.3 is 0 Å². The number of pyridine rings is 1. The quantitative estimate of drug-likeness (QED) is 0.825. The second-order valence-electron chi connectivity index (χ2n) is 3.11. The zero-order chi connectivity index (χ0) is 10.5. The van der Waals surface area contributed by atoms with Crippen LogP contribution >= 0.6 is 0 Å². The Morgan fingerprint density at radius 1 is 1.33 bits per heavy atom. The number of hydrogen-bond donors (Lipinski definition) is 1. The molecule has 0 aliphatic carbocycles. The van der Waals surface area contributed by atoms with Crippen LogP contribution in [0.2, 0.25) is 0 Å². The van der Waals surface area contributed by atoms with Crippen LogP contribution < -0.4 is 5.32 Å². The van der Waals surface area contributed by atoms with Crippen LogP contribution in [0.1, 0.15) is 11.3 Å². The van der Waals surface area contributed by atoms with Gasteiger partial charge in [0.25, 0.3) is 0 Å². The maximum absolute atomic E-state index is 12.8. The Kier molecular flexibility index (Phi) is 3.04. The van der Waals surface area contributed by atoms with Crippen molar-refractivity contribution in [2.24, 2.45) is 0 Å². The first kappa shape index (κ1) is 9.79. The normalized spacial score (nSPS) is 10.5. The number of nitrogens with zero attached hydrogens (tertiary/aromatic N) is 2. The van der Waals surface area contributed by atoms with E-state index in [0.717, 1.165) is 11.3 Å².